The number of hydrogen-bond acceptors (Lipinski definition) is 4. The van der Waals surface area contributed by atoms with Gasteiger partial charge in [0.1, 0.15) is 5.76 Å². The van der Waals surface area contributed by atoms with E-state index in [1.165, 1.54) is 0 Å². The highest BCUT2D eigenvalue weighted by Crippen LogP contribution is 2.15. The highest BCUT2D eigenvalue weighted by atomic mass is 16.8. The molecule has 0 aromatic heterocycles. The number of carbonyl (C=O) groups excluding carboxylic acids is 1. The van der Waals surface area contributed by atoms with E-state index in [1.54, 1.807) is 0 Å². The number of hydrogen-bond donors (Lipinski definition) is 1. The van der Waals surface area contributed by atoms with Crippen LogP contribution in [0.25, 0.3) is 0 Å². The van der Waals surface area contributed by atoms with Gasteiger partial charge in [0.25, 0.3) is 0 Å². The number of rotatable bonds is 1. The van der Waals surface area contributed by atoms with Crippen LogP contribution in [0.1, 0.15) is 0 Å². The second kappa shape index (κ2) is 2.06. The van der Waals surface area contributed by atoms with Crippen molar-refractivity contribution in [3.63, 3.8) is 0 Å². The largest absolute Gasteiger partial charge is 0.514 e. The fourth-order valence-electron chi connectivity index (χ4n) is 0.518. The first-order chi connectivity index (χ1) is 4.24. The van der Waals surface area contributed by atoms with Crippen LogP contribution < -0.4 is 0 Å². The lowest BCUT2D eigenvalue weighted by molar-refractivity contribution is 0.0935. The van der Waals surface area contributed by atoms with Crippen LogP contribution in [0.4, 0.5) is 4.79 Å². The summed E-state index contributed by atoms with van der Waals surface area (Å²) in [5.41, 5.74) is 0. The van der Waals surface area contributed by atoms with Gasteiger partial charge in [-0.3, -0.25) is 0 Å². The van der Waals surface area contributed by atoms with Crippen LogP contribution >= 0.6 is 0 Å². The van der Waals surface area contributed by atoms with Crippen molar-refractivity contribution in [1.29, 1.82) is 0 Å². The molecule has 0 aromatic carbocycles. The lowest BCUT2D eigenvalue weighted by Crippen LogP contribution is -2.12. The van der Waals surface area contributed by atoms with Crippen LogP contribution in [-0.2, 0) is 9.47 Å². The molecule has 0 aromatic rings. The molecule has 4 heteroatoms. The molecular weight excluding hydrogens is 124 g/mol. The molecule has 1 rings (SSSR count). The summed E-state index contributed by atoms with van der Waals surface area (Å²) in [7, 11) is 0. The van der Waals surface area contributed by atoms with Crippen molar-refractivity contribution in [1.82, 2.24) is 0 Å². The van der Waals surface area contributed by atoms with Crippen LogP contribution in [0.15, 0.2) is 12.3 Å². The van der Waals surface area contributed by atoms with E-state index in [1.807, 2.05) is 0 Å². The van der Waals surface area contributed by atoms with Crippen molar-refractivity contribution < 1.29 is 19.4 Å². The third-order valence-electron chi connectivity index (χ3n) is 0.978. The minimum atomic E-state index is -0.793. The molecule has 1 saturated heterocycles. The monoisotopic (exact) mass is 130 g/mol. The van der Waals surface area contributed by atoms with Gasteiger partial charge in [0.2, 0.25) is 0 Å². The zero-order valence-corrected chi connectivity index (χ0v) is 4.66. The molecule has 0 saturated carbocycles. The molecular formula is C5H6O4. The minimum Gasteiger partial charge on any atom is -0.420 e. The van der Waals surface area contributed by atoms with Crippen LogP contribution in [0.2, 0.25) is 0 Å². The number of aliphatic hydroxyl groups excluding tert-OH is 1. The molecule has 1 fully saturated rings. The van der Waals surface area contributed by atoms with E-state index >= 15 is 0 Å². The molecule has 1 heterocycles. The summed E-state index contributed by atoms with van der Waals surface area (Å²) >= 11 is 0. The first kappa shape index (κ1) is 6.10. The topological polar surface area (TPSA) is 55.8 Å². The predicted molar refractivity (Wildman–Crippen MR) is 27.6 cm³/mol. The highest BCUT2D eigenvalue weighted by molar-refractivity contribution is 5.64. The SMILES string of the molecule is C=C1OC(=O)OC1CO. The number of carbonyl (C=O) groups is 1. The van der Waals surface area contributed by atoms with Gasteiger partial charge >= 0.3 is 6.16 Å². The van der Waals surface area contributed by atoms with Crippen LogP contribution in [0, 0.1) is 0 Å². The number of cyclic esters (lactones) is 2. The fraction of sp³-hybridized carbons (Fsp3) is 0.400. The summed E-state index contributed by atoms with van der Waals surface area (Å²) in [4.78, 5) is 10.2. The van der Waals surface area contributed by atoms with Crippen molar-refractivity contribution >= 4 is 6.16 Å². The average Bonchev–Trinajstić information content (AvgIpc) is 2.10. The Hall–Kier alpha value is -1.03. The zero-order valence-electron chi connectivity index (χ0n) is 4.66. The first-order valence-corrected chi connectivity index (χ1v) is 2.42. The van der Waals surface area contributed by atoms with Crippen molar-refractivity contribution in [3.05, 3.63) is 12.3 Å². The lowest BCUT2D eigenvalue weighted by atomic mass is 10.3. The molecule has 1 aliphatic rings. The van der Waals surface area contributed by atoms with Gasteiger partial charge in [-0.25, -0.2) is 4.79 Å². The zero-order chi connectivity index (χ0) is 6.85. The molecule has 1 aliphatic heterocycles. The molecule has 9 heavy (non-hydrogen) atoms. The van der Waals surface area contributed by atoms with Gasteiger partial charge < -0.3 is 14.6 Å². The second-order valence-electron chi connectivity index (χ2n) is 1.61. The Morgan fingerprint density at radius 2 is 2.44 bits per heavy atom. The quantitative estimate of drug-likeness (QED) is 0.508. The number of ether oxygens (including phenoxy) is 2. The summed E-state index contributed by atoms with van der Waals surface area (Å²) in [6, 6.07) is 0. The lowest BCUT2D eigenvalue weighted by Gasteiger charge is -1.98. The van der Waals surface area contributed by atoms with Crippen LogP contribution in [0.5, 0.6) is 0 Å². The molecule has 0 spiro atoms. The third-order valence-corrected chi connectivity index (χ3v) is 0.978. The standard InChI is InChI=1S/C5H6O4/c1-3-4(2-6)9-5(7)8-3/h4,6H,1-2H2. The van der Waals surface area contributed by atoms with Gasteiger partial charge in [0.15, 0.2) is 6.10 Å². The van der Waals surface area contributed by atoms with Crippen LogP contribution in [-0.4, -0.2) is 24.0 Å². The van der Waals surface area contributed by atoms with Gasteiger partial charge in [0.05, 0.1) is 6.61 Å². The maximum absolute atomic E-state index is 10.2. The predicted octanol–water partition coefficient (Wildman–Crippen LogP) is 0.0278. The molecule has 50 valence electrons. The normalized spacial score (nSPS) is 25.7. The summed E-state index contributed by atoms with van der Waals surface area (Å²) < 4.78 is 8.76. The van der Waals surface area contributed by atoms with E-state index < -0.39 is 12.3 Å². The smallest absolute Gasteiger partial charge is 0.420 e. The van der Waals surface area contributed by atoms with Gasteiger partial charge in [-0.15, -0.1) is 0 Å². The summed E-state index contributed by atoms with van der Waals surface area (Å²) in [6.45, 7) is 3.06. The second-order valence-corrected chi connectivity index (χ2v) is 1.61. The molecule has 4 nitrogen and oxygen atoms in total. The Bertz CT molecular complexity index is 151. The summed E-state index contributed by atoms with van der Waals surface area (Å²) in [6.07, 6.45) is -1.46. The van der Waals surface area contributed by atoms with Gasteiger partial charge in [-0.2, -0.15) is 0 Å². The molecule has 0 aliphatic carbocycles. The highest BCUT2D eigenvalue weighted by Gasteiger charge is 2.28. The minimum absolute atomic E-state index is 0.169. The summed E-state index contributed by atoms with van der Waals surface area (Å²) in [5.74, 6) is 0.169. The maximum Gasteiger partial charge on any atom is 0.514 e. The van der Waals surface area contributed by atoms with Gasteiger partial charge in [-0.1, -0.05) is 6.58 Å². The van der Waals surface area contributed by atoms with E-state index in [9.17, 15) is 4.79 Å². The molecule has 0 radical (unpaired) electrons. The van der Waals surface area contributed by atoms with Crippen LogP contribution in [0.3, 0.4) is 0 Å². The molecule has 0 amide bonds. The van der Waals surface area contributed by atoms with E-state index in [0.717, 1.165) is 0 Å². The van der Waals surface area contributed by atoms with E-state index in [4.69, 9.17) is 5.11 Å². The molecule has 1 atom stereocenters. The third kappa shape index (κ3) is 1.02. The average molecular weight is 130 g/mol. The fourth-order valence-corrected chi connectivity index (χ4v) is 0.518. The van der Waals surface area contributed by atoms with Crippen molar-refractivity contribution in [2.45, 2.75) is 6.10 Å². The first-order valence-electron chi connectivity index (χ1n) is 2.42. The van der Waals surface area contributed by atoms with E-state index in [2.05, 4.69) is 16.1 Å². The summed E-state index contributed by atoms with van der Waals surface area (Å²) in [5, 5.41) is 8.44. The molecule has 1 unspecified atom stereocenters. The van der Waals surface area contributed by atoms with E-state index in [0.29, 0.717) is 0 Å². The Kier molecular flexibility index (Phi) is 1.40. The van der Waals surface area contributed by atoms with Crippen molar-refractivity contribution in [2.24, 2.45) is 0 Å². The Labute approximate surface area is 51.7 Å². The number of aliphatic hydroxyl groups is 1. The Balaban J connectivity index is 2.58. The maximum atomic E-state index is 10.2. The Morgan fingerprint density at radius 3 is 2.67 bits per heavy atom. The van der Waals surface area contributed by atoms with Gasteiger partial charge in [-0.05, 0) is 0 Å². The van der Waals surface area contributed by atoms with Gasteiger partial charge in [0, 0.05) is 0 Å². The molecule has 0 bridgehead atoms. The van der Waals surface area contributed by atoms with Crippen molar-refractivity contribution in [3.8, 4) is 0 Å². The van der Waals surface area contributed by atoms with E-state index in [-0.39, 0.29) is 12.4 Å². The molecule has 1 N–H and O–H groups in total. The van der Waals surface area contributed by atoms with Crippen molar-refractivity contribution in [2.75, 3.05) is 6.61 Å². The Morgan fingerprint density at radius 1 is 1.78 bits per heavy atom.